The summed E-state index contributed by atoms with van der Waals surface area (Å²) in [7, 11) is 2.08. The number of likely N-dealkylation sites (N-methyl/N-ethyl adjacent to an activating group) is 1. The summed E-state index contributed by atoms with van der Waals surface area (Å²) in [5.74, 6) is -0.0792. The van der Waals surface area contributed by atoms with Gasteiger partial charge in [0.1, 0.15) is 17.5 Å². The molecule has 1 aromatic heterocycles. The molecule has 2 heterocycles. The molecule has 0 spiro atoms. The quantitative estimate of drug-likeness (QED) is 0.837. The van der Waals surface area contributed by atoms with E-state index in [9.17, 15) is 4.79 Å². The monoisotopic (exact) mass is 269 g/mol. The Labute approximate surface area is 111 Å². The predicted molar refractivity (Wildman–Crippen MR) is 68.9 cm³/mol. The van der Waals surface area contributed by atoms with Crippen LogP contribution in [-0.2, 0) is 0 Å². The van der Waals surface area contributed by atoms with Crippen LogP contribution in [0.2, 0.25) is 5.15 Å². The van der Waals surface area contributed by atoms with Gasteiger partial charge >= 0.3 is 0 Å². The van der Waals surface area contributed by atoms with Gasteiger partial charge in [0.2, 0.25) is 0 Å². The molecule has 2 rings (SSSR count). The minimum absolute atomic E-state index is 0.104. The first kappa shape index (κ1) is 13.1. The van der Waals surface area contributed by atoms with Crippen LogP contribution in [0.5, 0.6) is 5.75 Å². The number of amides is 1. The maximum Gasteiger partial charge on any atom is 0.251 e. The van der Waals surface area contributed by atoms with Gasteiger partial charge in [-0.2, -0.15) is 0 Å². The van der Waals surface area contributed by atoms with E-state index in [1.54, 1.807) is 0 Å². The Morgan fingerprint density at radius 2 is 2.50 bits per heavy atom. The van der Waals surface area contributed by atoms with Crippen molar-refractivity contribution in [3.63, 3.8) is 0 Å². The van der Waals surface area contributed by atoms with E-state index in [4.69, 9.17) is 22.1 Å². The van der Waals surface area contributed by atoms with Gasteiger partial charge < -0.3 is 15.4 Å². The lowest BCUT2D eigenvalue weighted by Gasteiger charge is -2.19. The number of hydrogen-bond acceptors (Lipinski definition) is 4. The number of likely N-dealkylation sites (tertiary alicyclic amines) is 1. The maximum absolute atomic E-state index is 11.1. The average Bonchev–Trinajstić information content (AvgIpc) is 2.73. The molecule has 1 aliphatic heterocycles. The lowest BCUT2D eigenvalue weighted by molar-refractivity contribution is 0.0999. The summed E-state index contributed by atoms with van der Waals surface area (Å²) in [6.45, 7) is 1.68. The number of halogens is 1. The van der Waals surface area contributed by atoms with E-state index in [0.717, 1.165) is 13.0 Å². The second-order valence-corrected chi connectivity index (χ2v) is 4.82. The first-order valence-corrected chi connectivity index (χ1v) is 6.24. The SMILES string of the molecule is CN1CCC[C@H]1COc1cnc(Cl)c(C(N)=O)c1. The van der Waals surface area contributed by atoms with E-state index in [-0.39, 0.29) is 10.7 Å². The fraction of sp³-hybridized carbons (Fsp3) is 0.500. The van der Waals surface area contributed by atoms with E-state index in [1.165, 1.54) is 18.7 Å². The number of primary amides is 1. The topological polar surface area (TPSA) is 68.4 Å². The molecular weight excluding hydrogens is 254 g/mol. The van der Waals surface area contributed by atoms with Crippen LogP contribution in [0.25, 0.3) is 0 Å². The second-order valence-electron chi connectivity index (χ2n) is 4.46. The second kappa shape index (κ2) is 5.54. The fourth-order valence-electron chi connectivity index (χ4n) is 2.06. The summed E-state index contributed by atoms with van der Waals surface area (Å²) < 4.78 is 5.64. The van der Waals surface area contributed by atoms with Gasteiger partial charge in [0.25, 0.3) is 5.91 Å². The van der Waals surface area contributed by atoms with Crippen molar-refractivity contribution in [3.8, 4) is 5.75 Å². The molecule has 1 amide bonds. The first-order valence-electron chi connectivity index (χ1n) is 5.86. The summed E-state index contributed by atoms with van der Waals surface area (Å²) >= 11 is 5.77. The number of nitrogens with two attached hydrogens (primary N) is 1. The Hall–Kier alpha value is -1.33. The number of ether oxygens (including phenoxy) is 1. The molecular formula is C12H16ClN3O2. The standard InChI is InChI=1S/C12H16ClN3O2/c1-16-4-2-3-8(16)7-18-9-5-10(12(14)17)11(13)15-6-9/h5-6,8H,2-4,7H2,1H3,(H2,14,17)/t8-/m0/s1. The first-order chi connectivity index (χ1) is 8.58. The zero-order valence-electron chi connectivity index (χ0n) is 10.2. The number of pyridine rings is 1. The summed E-state index contributed by atoms with van der Waals surface area (Å²) in [4.78, 5) is 17.3. The van der Waals surface area contributed by atoms with Gasteiger partial charge in [-0.15, -0.1) is 0 Å². The van der Waals surface area contributed by atoms with E-state index in [0.29, 0.717) is 18.4 Å². The fourth-order valence-corrected chi connectivity index (χ4v) is 2.26. The Morgan fingerprint density at radius 3 is 3.11 bits per heavy atom. The summed E-state index contributed by atoms with van der Waals surface area (Å²) in [6.07, 6.45) is 3.82. The van der Waals surface area contributed by atoms with Crippen LogP contribution in [-0.4, -0.2) is 42.0 Å². The molecule has 0 unspecified atom stereocenters. The minimum atomic E-state index is -0.601. The third kappa shape index (κ3) is 2.91. The highest BCUT2D eigenvalue weighted by Gasteiger charge is 2.21. The molecule has 5 nitrogen and oxygen atoms in total. The van der Waals surface area contributed by atoms with Crippen LogP contribution in [0.15, 0.2) is 12.3 Å². The van der Waals surface area contributed by atoms with Crippen molar-refractivity contribution < 1.29 is 9.53 Å². The van der Waals surface area contributed by atoms with Crippen molar-refractivity contribution in [2.24, 2.45) is 5.73 Å². The van der Waals surface area contributed by atoms with Crippen LogP contribution in [0.4, 0.5) is 0 Å². The highest BCUT2D eigenvalue weighted by Crippen LogP contribution is 2.20. The van der Waals surface area contributed by atoms with Crippen LogP contribution in [0, 0.1) is 0 Å². The molecule has 1 atom stereocenters. The van der Waals surface area contributed by atoms with E-state index < -0.39 is 5.91 Å². The Bertz CT molecular complexity index is 453. The lowest BCUT2D eigenvalue weighted by Crippen LogP contribution is -2.30. The van der Waals surface area contributed by atoms with E-state index in [2.05, 4.69) is 16.9 Å². The largest absolute Gasteiger partial charge is 0.490 e. The van der Waals surface area contributed by atoms with Crippen LogP contribution in [0.3, 0.4) is 0 Å². The van der Waals surface area contributed by atoms with Gasteiger partial charge in [-0.1, -0.05) is 11.6 Å². The Kier molecular flexibility index (Phi) is 4.04. The number of nitrogens with zero attached hydrogens (tertiary/aromatic N) is 2. The van der Waals surface area contributed by atoms with Gasteiger partial charge in [0, 0.05) is 6.04 Å². The number of rotatable bonds is 4. The molecule has 0 bridgehead atoms. The Balaban J connectivity index is 2.01. The zero-order valence-corrected chi connectivity index (χ0v) is 11.0. The van der Waals surface area contributed by atoms with E-state index >= 15 is 0 Å². The van der Waals surface area contributed by atoms with Crippen LogP contribution < -0.4 is 10.5 Å². The summed E-state index contributed by atoms with van der Waals surface area (Å²) in [5.41, 5.74) is 5.39. The third-order valence-corrected chi connectivity index (χ3v) is 3.49. The van der Waals surface area contributed by atoms with Crippen molar-refractivity contribution in [1.82, 2.24) is 9.88 Å². The van der Waals surface area contributed by atoms with Gasteiger partial charge in [-0.3, -0.25) is 4.79 Å². The summed E-state index contributed by atoms with van der Waals surface area (Å²) in [6, 6.07) is 1.95. The number of hydrogen-bond donors (Lipinski definition) is 1. The van der Waals surface area contributed by atoms with Gasteiger partial charge in [-0.25, -0.2) is 4.98 Å². The molecule has 0 radical (unpaired) electrons. The average molecular weight is 270 g/mol. The van der Waals surface area contributed by atoms with Crippen molar-refractivity contribution >= 4 is 17.5 Å². The van der Waals surface area contributed by atoms with Crippen LogP contribution in [0.1, 0.15) is 23.2 Å². The highest BCUT2D eigenvalue weighted by molar-refractivity contribution is 6.32. The normalized spacial score (nSPS) is 20.0. The summed E-state index contributed by atoms with van der Waals surface area (Å²) in [5, 5.41) is 0.104. The predicted octanol–water partition coefficient (Wildman–Crippen LogP) is 1.31. The van der Waals surface area contributed by atoms with Crippen molar-refractivity contribution in [2.75, 3.05) is 20.2 Å². The molecule has 0 saturated carbocycles. The molecule has 6 heteroatoms. The van der Waals surface area contributed by atoms with Crippen molar-refractivity contribution in [3.05, 3.63) is 23.0 Å². The molecule has 1 aromatic rings. The molecule has 2 N–H and O–H groups in total. The third-order valence-electron chi connectivity index (χ3n) is 3.19. The lowest BCUT2D eigenvalue weighted by atomic mass is 10.2. The number of aromatic nitrogens is 1. The molecule has 1 fully saturated rings. The molecule has 98 valence electrons. The smallest absolute Gasteiger partial charge is 0.251 e. The van der Waals surface area contributed by atoms with Gasteiger partial charge in [0.05, 0.1) is 11.8 Å². The molecule has 0 aliphatic carbocycles. The van der Waals surface area contributed by atoms with Gasteiger partial charge in [0.15, 0.2) is 0 Å². The zero-order chi connectivity index (χ0) is 13.1. The van der Waals surface area contributed by atoms with Crippen molar-refractivity contribution in [2.45, 2.75) is 18.9 Å². The highest BCUT2D eigenvalue weighted by atomic mass is 35.5. The molecule has 0 aromatic carbocycles. The van der Waals surface area contributed by atoms with E-state index in [1.807, 2.05) is 0 Å². The Morgan fingerprint density at radius 1 is 1.72 bits per heavy atom. The van der Waals surface area contributed by atoms with Crippen molar-refractivity contribution in [1.29, 1.82) is 0 Å². The number of carbonyl (C=O) groups is 1. The minimum Gasteiger partial charge on any atom is -0.490 e. The molecule has 1 saturated heterocycles. The van der Waals surface area contributed by atoms with Crippen LogP contribution >= 0.6 is 11.6 Å². The molecule has 18 heavy (non-hydrogen) atoms. The molecule has 1 aliphatic rings. The number of carbonyl (C=O) groups excluding carboxylic acids is 1. The van der Waals surface area contributed by atoms with Gasteiger partial charge in [-0.05, 0) is 32.5 Å². The maximum atomic E-state index is 11.1.